The number of halogens is 1. The van der Waals surface area contributed by atoms with E-state index in [4.69, 9.17) is 24.2 Å². The number of carboxylic acids is 1. The van der Waals surface area contributed by atoms with Gasteiger partial charge in [0.25, 0.3) is 0 Å². The molecule has 3 aromatic rings. The summed E-state index contributed by atoms with van der Waals surface area (Å²) in [5.41, 5.74) is 3.31. The van der Waals surface area contributed by atoms with Crippen LogP contribution in [0.2, 0.25) is 5.02 Å². The van der Waals surface area contributed by atoms with Gasteiger partial charge >= 0.3 is 5.97 Å². The maximum atomic E-state index is 12.2. The van der Waals surface area contributed by atoms with Crippen molar-refractivity contribution in [2.24, 2.45) is 0 Å². The number of carbonyl (C=O) groups excluding carboxylic acids is 1. The molecule has 0 spiro atoms. The van der Waals surface area contributed by atoms with E-state index in [1.165, 1.54) is 4.90 Å². The molecule has 0 bridgehead atoms. The molecule has 178 valence electrons. The summed E-state index contributed by atoms with van der Waals surface area (Å²) < 4.78 is -0.908. The highest BCUT2D eigenvalue weighted by atomic mass is 35.5. The molecule has 0 saturated heterocycles. The van der Waals surface area contributed by atoms with Crippen molar-refractivity contribution in [1.29, 1.82) is 0 Å². The molecule has 8 heteroatoms. The van der Waals surface area contributed by atoms with Crippen molar-refractivity contribution in [1.82, 2.24) is 9.88 Å². The monoisotopic (exact) mass is 514 g/mol. The Bertz CT molecular complexity index is 1230. The number of hydrogen-bond acceptors (Lipinski definition) is 5. The first-order chi connectivity index (χ1) is 16.1. The van der Waals surface area contributed by atoms with Gasteiger partial charge in [0.1, 0.15) is 0 Å². The Morgan fingerprint density at radius 1 is 1.15 bits per heavy atom. The van der Waals surface area contributed by atoms with Crippen LogP contribution in [0.4, 0.5) is 0 Å². The molecule has 0 saturated carbocycles. The van der Waals surface area contributed by atoms with Crippen molar-refractivity contribution in [3.8, 4) is 0 Å². The number of amides is 1. The maximum absolute atomic E-state index is 12.2. The van der Waals surface area contributed by atoms with E-state index in [1.54, 1.807) is 14.1 Å². The Morgan fingerprint density at radius 2 is 1.88 bits per heavy atom. The van der Waals surface area contributed by atoms with Gasteiger partial charge in [-0.2, -0.15) is 25.3 Å². The summed E-state index contributed by atoms with van der Waals surface area (Å²) in [5, 5.41) is 10.4. The van der Waals surface area contributed by atoms with Crippen molar-refractivity contribution in [3.63, 3.8) is 0 Å². The molecule has 1 N–H and O–H groups in total. The molecule has 0 aliphatic heterocycles. The lowest BCUT2D eigenvalue weighted by Gasteiger charge is -2.34. The van der Waals surface area contributed by atoms with E-state index >= 15 is 0 Å². The molecule has 0 aliphatic rings. The molecule has 2 unspecified atom stereocenters. The molecule has 0 aliphatic carbocycles. The molecule has 2 aromatic carbocycles. The SMILES string of the molecule is CN(C)C(=O)CCC(S)(c1cccc(/C=C/c2ccc3ccc(Cl)cc3n2)c1)C(S)CC(=O)O. The lowest BCUT2D eigenvalue weighted by Crippen LogP contribution is -2.34. The number of aromatic nitrogens is 1. The maximum Gasteiger partial charge on any atom is 0.304 e. The van der Waals surface area contributed by atoms with E-state index < -0.39 is 16.0 Å². The zero-order valence-electron chi connectivity index (χ0n) is 19.0. The highest BCUT2D eigenvalue weighted by Gasteiger charge is 2.37. The van der Waals surface area contributed by atoms with Gasteiger partial charge in [-0.25, -0.2) is 4.98 Å². The minimum atomic E-state index is -0.962. The van der Waals surface area contributed by atoms with Gasteiger partial charge < -0.3 is 10.0 Å². The zero-order valence-corrected chi connectivity index (χ0v) is 21.5. The van der Waals surface area contributed by atoms with Gasteiger partial charge in [-0.3, -0.25) is 9.59 Å². The number of fused-ring (bicyclic) bond motifs is 1. The zero-order chi connectivity index (χ0) is 24.9. The lowest BCUT2D eigenvalue weighted by atomic mass is 9.87. The predicted molar refractivity (Wildman–Crippen MR) is 146 cm³/mol. The van der Waals surface area contributed by atoms with Crippen LogP contribution in [0.15, 0.2) is 54.6 Å². The van der Waals surface area contributed by atoms with E-state index in [-0.39, 0.29) is 18.7 Å². The molecular weight excluding hydrogens is 488 g/mol. The van der Waals surface area contributed by atoms with Crippen LogP contribution in [-0.4, -0.2) is 46.2 Å². The number of benzene rings is 2. The molecule has 0 radical (unpaired) electrons. The number of thiol groups is 2. The van der Waals surface area contributed by atoms with E-state index in [2.05, 4.69) is 17.6 Å². The standard InChI is InChI=1S/C26H27ClN2O3S2/c1-29(2)24(30)12-13-26(34,23(33)16-25(31)32)19-5-3-4-17(14-19)6-10-21-11-8-18-7-9-20(27)15-22(18)28-21/h3-11,14-15,23,33-34H,12-13,16H2,1-2H3,(H,31,32)/b10-6+. The predicted octanol–water partition coefficient (Wildman–Crippen LogP) is 5.83. The highest BCUT2D eigenvalue weighted by Crippen LogP contribution is 2.41. The first-order valence-corrected chi connectivity index (χ1v) is 12.1. The fraction of sp³-hybridized carbons (Fsp3) is 0.269. The van der Waals surface area contributed by atoms with Gasteiger partial charge in [0.15, 0.2) is 0 Å². The number of carboxylic acid groups (broad SMARTS) is 1. The van der Waals surface area contributed by atoms with Crippen LogP contribution in [0.1, 0.15) is 36.1 Å². The molecule has 1 aromatic heterocycles. The summed E-state index contributed by atoms with van der Waals surface area (Å²) in [5.74, 6) is -1.01. The van der Waals surface area contributed by atoms with Gasteiger partial charge in [-0.05, 0) is 41.8 Å². The molecule has 34 heavy (non-hydrogen) atoms. The van der Waals surface area contributed by atoms with Crippen LogP contribution in [0, 0.1) is 0 Å². The van der Waals surface area contributed by atoms with Crippen LogP contribution in [-0.2, 0) is 14.3 Å². The minimum Gasteiger partial charge on any atom is -0.481 e. The van der Waals surface area contributed by atoms with Crippen molar-refractivity contribution in [2.75, 3.05) is 14.1 Å². The second-order valence-electron chi connectivity index (χ2n) is 8.36. The third-order valence-corrected chi connectivity index (χ3v) is 7.50. The molecule has 0 fully saturated rings. The average Bonchev–Trinajstić information content (AvgIpc) is 2.80. The van der Waals surface area contributed by atoms with Gasteiger partial charge in [-0.15, -0.1) is 0 Å². The molecule has 3 rings (SSSR count). The summed E-state index contributed by atoms with van der Waals surface area (Å²) in [7, 11) is 3.39. The fourth-order valence-corrected chi connectivity index (χ4v) is 4.59. The van der Waals surface area contributed by atoms with Crippen molar-refractivity contribution in [3.05, 3.63) is 76.4 Å². The van der Waals surface area contributed by atoms with Gasteiger partial charge in [0.05, 0.1) is 22.4 Å². The number of hydrogen-bond donors (Lipinski definition) is 3. The molecule has 2 atom stereocenters. The number of carbonyl (C=O) groups is 2. The summed E-state index contributed by atoms with van der Waals surface area (Å²) in [6.07, 6.45) is 4.26. The summed E-state index contributed by atoms with van der Waals surface area (Å²) in [6, 6.07) is 17.2. The number of nitrogens with zero attached hydrogens (tertiary/aromatic N) is 2. The Morgan fingerprint density at radius 3 is 2.59 bits per heavy atom. The number of pyridine rings is 1. The van der Waals surface area contributed by atoms with Crippen molar-refractivity contribution >= 4 is 71.8 Å². The van der Waals surface area contributed by atoms with E-state index in [1.807, 2.05) is 66.7 Å². The van der Waals surface area contributed by atoms with Crippen LogP contribution in [0.3, 0.4) is 0 Å². The normalized spacial score (nSPS) is 14.1. The van der Waals surface area contributed by atoms with Crippen LogP contribution in [0.5, 0.6) is 0 Å². The molecule has 1 heterocycles. The smallest absolute Gasteiger partial charge is 0.304 e. The Balaban J connectivity index is 1.90. The largest absolute Gasteiger partial charge is 0.481 e. The Hall–Kier alpha value is -2.48. The van der Waals surface area contributed by atoms with E-state index in [0.717, 1.165) is 27.7 Å². The number of aliphatic carboxylic acids is 1. The van der Waals surface area contributed by atoms with Gasteiger partial charge in [0.2, 0.25) is 5.91 Å². The Kier molecular flexibility index (Phi) is 8.68. The minimum absolute atomic E-state index is 0.0483. The molecule has 5 nitrogen and oxygen atoms in total. The Labute approximate surface area is 215 Å². The average molecular weight is 515 g/mol. The van der Waals surface area contributed by atoms with Gasteiger partial charge in [0, 0.05) is 36.2 Å². The third-order valence-electron chi connectivity index (χ3n) is 5.65. The van der Waals surface area contributed by atoms with Crippen LogP contribution in [0.25, 0.3) is 23.1 Å². The quantitative estimate of drug-likeness (QED) is 0.314. The van der Waals surface area contributed by atoms with Crippen LogP contribution < -0.4 is 0 Å². The number of rotatable bonds is 9. The molecule has 1 amide bonds. The highest BCUT2D eigenvalue weighted by molar-refractivity contribution is 7.85. The molecular formula is C26H27ClN2O3S2. The second-order valence-corrected chi connectivity index (χ2v) is 10.2. The van der Waals surface area contributed by atoms with Gasteiger partial charge in [-0.1, -0.05) is 54.1 Å². The van der Waals surface area contributed by atoms with Crippen molar-refractivity contribution in [2.45, 2.75) is 29.3 Å². The summed E-state index contributed by atoms with van der Waals surface area (Å²) in [6.45, 7) is 0. The van der Waals surface area contributed by atoms with E-state index in [9.17, 15) is 14.7 Å². The summed E-state index contributed by atoms with van der Waals surface area (Å²) in [4.78, 5) is 29.8. The summed E-state index contributed by atoms with van der Waals surface area (Å²) >= 11 is 15.6. The first-order valence-electron chi connectivity index (χ1n) is 10.8. The lowest BCUT2D eigenvalue weighted by molar-refractivity contribution is -0.137. The first kappa shape index (κ1) is 26.1. The van der Waals surface area contributed by atoms with Crippen LogP contribution >= 0.6 is 36.9 Å². The topological polar surface area (TPSA) is 70.5 Å². The fourth-order valence-electron chi connectivity index (χ4n) is 3.65. The third kappa shape index (κ3) is 6.56. The second kappa shape index (κ2) is 11.3. The van der Waals surface area contributed by atoms with Crippen molar-refractivity contribution < 1.29 is 14.7 Å². The van der Waals surface area contributed by atoms with E-state index in [0.29, 0.717) is 11.4 Å².